The van der Waals surface area contributed by atoms with Gasteiger partial charge in [-0.25, -0.2) is 0 Å². The third-order valence-electron chi connectivity index (χ3n) is 2.59. The Morgan fingerprint density at radius 3 is 3.00 bits per heavy atom. The minimum absolute atomic E-state index is 0.564. The number of fused-ring (bicyclic) bond motifs is 1. The van der Waals surface area contributed by atoms with Crippen LogP contribution in [0.5, 0.6) is 0 Å². The molecule has 1 aliphatic rings. The van der Waals surface area contributed by atoms with Crippen molar-refractivity contribution in [3.05, 3.63) is 34.9 Å². The Labute approximate surface area is 73.4 Å². The van der Waals surface area contributed by atoms with Crippen molar-refractivity contribution >= 4 is 0 Å². The van der Waals surface area contributed by atoms with Gasteiger partial charge in [-0.2, -0.15) is 0 Å². The van der Waals surface area contributed by atoms with Crippen LogP contribution in [0.15, 0.2) is 18.2 Å². The molecule has 1 nitrogen and oxygen atoms in total. The molecule has 2 rings (SSSR count). The first-order chi connectivity index (χ1) is 5.79. The van der Waals surface area contributed by atoms with Crippen LogP contribution in [0.2, 0.25) is 0 Å². The molecule has 1 atom stereocenters. The molecule has 0 fully saturated rings. The summed E-state index contributed by atoms with van der Waals surface area (Å²) >= 11 is 0. The van der Waals surface area contributed by atoms with Crippen LogP contribution in [0.25, 0.3) is 0 Å². The monoisotopic (exact) mass is 162 g/mol. The SMILES string of the molecule is Cc1cccc2c1COC[C@H]2C. The highest BCUT2D eigenvalue weighted by atomic mass is 16.5. The van der Waals surface area contributed by atoms with E-state index in [2.05, 4.69) is 32.0 Å². The van der Waals surface area contributed by atoms with Crippen LogP contribution in [0.4, 0.5) is 0 Å². The second-order valence-electron chi connectivity index (χ2n) is 3.56. The summed E-state index contributed by atoms with van der Waals surface area (Å²) in [5.41, 5.74) is 4.23. The molecule has 0 spiro atoms. The smallest absolute Gasteiger partial charge is 0.0722 e. The average Bonchev–Trinajstić information content (AvgIpc) is 2.07. The van der Waals surface area contributed by atoms with Gasteiger partial charge in [0, 0.05) is 5.92 Å². The molecule has 1 aromatic rings. The topological polar surface area (TPSA) is 9.23 Å². The highest BCUT2D eigenvalue weighted by Crippen LogP contribution is 2.27. The summed E-state index contributed by atoms with van der Waals surface area (Å²) < 4.78 is 5.49. The van der Waals surface area contributed by atoms with Crippen molar-refractivity contribution in [1.82, 2.24) is 0 Å². The van der Waals surface area contributed by atoms with E-state index in [0.29, 0.717) is 5.92 Å². The van der Waals surface area contributed by atoms with Crippen molar-refractivity contribution in [1.29, 1.82) is 0 Å². The Kier molecular flexibility index (Phi) is 1.89. The van der Waals surface area contributed by atoms with E-state index in [1.807, 2.05) is 0 Å². The fourth-order valence-corrected chi connectivity index (χ4v) is 1.81. The molecule has 0 aliphatic carbocycles. The van der Waals surface area contributed by atoms with E-state index < -0.39 is 0 Å². The van der Waals surface area contributed by atoms with E-state index in [-0.39, 0.29) is 0 Å². The predicted octanol–water partition coefficient (Wildman–Crippen LogP) is 2.63. The molecule has 0 bridgehead atoms. The van der Waals surface area contributed by atoms with Gasteiger partial charge in [0.25, 0.3) is 0 Å². The third kappa shape index (κ3) is 1.14. The number of rotatable bonds is 0. The largest absolute Gasteiger partial charge is 0.376 e. The molecule has 0 radical (unpaired) electrons. The van der Waals surface area contributed by atoms with Gasteiger partial charge in [-0.15, -0.1) is 0 Å². The van der Waals surface area contributed by atoms with Crippen molar-refractivity contribution in [2.75, 3.05) is 6.61 Å². The van der Waals surface area contributed by atoms with Crippen LogP contribution in [0, 0.1) is 6.92 Å². The normalized spacial score (nSPS) is 22.0. The third-order valence-corrected chi connectivity index (χ3v) is 2.59. The minimum Gasteiger partial charge on any atom is -0.376 e. The summed E-state index contributed by atoms with van der Waals surface area (Å²) in [6, 6.07) is 6.51. The number of hydrogen-bond acceptors (Lipinski definition) is 1. The second kappa shape index (κ2) is 2.91. The van der Waals surface area contributed by atoms with Crippen LogP contribution < -0.4 is 0 Å². The molecule has 0 unspecified atom stereocenters. The van der Waals surface area contributed by atoms with Crippen molar-refractivity contribution in [2.24, 2.45) is 0 Å². The van der Waals surface area contributed by atoms with Crippen molar-refractivity contribution in [3.63, 3.8) is 0 Å². The van der Waals surface area contributed by atoms with Gasteiger partial charge in [0.15, 0.2) is 0 Å². The highest BCUT2D eigenvalue weighted by molar-refractivity contribution is 5.37. The summed E-state index contributed by atoms with van der Waals surface area (Å²) in [6.45, 7) is 6.04. The standard InChI is InChI=1S/C11H14O/c1-8-4-3-5-10-9(2)6-12-7-11(8)10/h3-5,9H,6-7H2,1-2H3/t9-/m1/s1. The zero-order valence-electron chi connectivity index (χ0n) is 7.63. The van der Waals surface area contributed by atoms with Crippen LogP contribution in [-0.2, 0) is 11.3 Å². The molecular weight excluding hydrogens is 148 g/mol. The Morgan fingerprint density at radius 1 is 1.42 bits per heavy atom. The van der Waals surface area contributed by atoms with Crippen LogP contribution in [0.1, 0.15) is 29.5 Å². The predicted molar refractivity (Wildman–Crippen MR) is 49.3 cm³/mol. The lowest BCUT2D eigenvalue weighted by molar-refractivity contribution is 0.0946. The van der Waals surface area contributed by atoms with E-state index in [9.17, 15) is 0 Å². The Balaban J connectivity index is 2.52. The van der Waals surface area contributed by atoms with Crippen LogP contribution in [-0.4, -0.2) is 6.61 Å². The number of benzene rings is 1. The molecule has 1 heterocycles. The van der Waals surface area contributed by atoms with E-state index in [1.165, 1.54) is 16.7 Å². The first-order valence-corrected chi connectivity index (χ1v) is 4.45. The maximum Gasteiger partial charge on any atom is 0.0722 e. The number of ether oxygens (including phenoxy) is 1. The maximum atomic E-state index is 5.49. The van der Waals surface area contributed by atoms with E-state index in [4.69, 9.17) is 4.74 Å². The lowest BCUT2D eigenvalue weighted by atomic mass is 9.92. The van der Waals surface area contributed by atoms with Gasteiger partial charge < -0.3 is 4.74 Å². The minimum atomic E-state index is 0.564. The molecule has 12 heavy (non-hydrogen) atoms. The molecule has 0 aromatic heterocycles. The zero-order chi connectivity index (χ0) is 8.55. The van der Waals surface area contributed by atoms with Crippen LogP contribution >= 0.6 is 0 Å². The first kappa shape index (κ1) is 7.81. The molecule has 0 saturated carbocycles. The van der Waals surface area contributed by atoms with Gasteiger partial charge in [-0.1, -0.05) is 25.1 Å². The Morgan fingerprint density at radius 2 is 2.25 bits per heavy atom. The summed E-state index contributed by atoms with van der Waals surface area (Å²) in [4.78, 5) is 0. The van der Waals surface area contributed by atoms with Crippen LogP contribution in [0.3, 0.4) is 0 Å². The van der Waals surface area contributed by atoms with Crippen molar-refractivity contribution in [3.8, 4) is 0 Å². The van der Waals surface area contributed by atoms with Gasteiger partial charge in [-0.3, -0.25) is 0 Å². The highest BCUT2D eigenvalue weighted by Gasteiger charge is 2.17. The van der Waals surface area contributed by atoms with E-state index in [0.717, 1.165) is 13.2 Å². The molecular formula is C11H14O. The quantitative estimate of drug-likeness (QED) is 0.569. The fraction of sp³-hybridized carbons (Fsp3) is 0.455. The molecule has 1 aliphatic heterocycles. The average molecular weight is 162 g/mol. The number of hydrogen-bond donors (Lipinski definition) is 0. The molecule has 1 aromatic carbocycles. The summed E-state index contributed by atoms with van der Waals surface area (Å²) in [5, 5.41) is 0. The van der Waals surface area contributed by atoms with E-state index in [1.54, 1.807) is 0 Å². The van der Waals surface area contributed by atoms with Gasteiger partial charge in [0.2, 0.25) is 0 Å². The van der Waals surface area contributed by atoms with Gasteiger partial charge >= 0.3 is 0 Å². The van der Waals surface area contributed by atoms with Gasteiger partial charge in [0.1, 0.15) is 0 Å². The zero-order valence-corrected chi connectivity index (χ0v) is 7.63. The van der Waals surface area contributed by atoms with Gasteiger partial charge in [0.05, 0.1) is 13.2 Å². The number of aryl methyl sites for hydroxylation is 1. The summed E-state index contributed by atoms with van der Waals surface area (Å²) in [5.74, 6) is 0.564. The Hall–Kier alpha value is -0.820. The Bertz CT molecular complexity index is 291. The summed E-state index contributed by atoms with van der Waals surface area (Å²) in [7, 11) is 0. The second-order valence-corrected chi connectivity index (χ2v) is 3.56. The lowest BCUT2D eigenvalue weighted by Gasteiger charge is -2.23. The fourth-order valence-electron chi connectivity index (χ4n) is 1.81. The molecule has 0 N–H and O–H groups in total. The lowest BCUT2D eigenvalue weighted by Crippen LogP contribution is -2.15. The maximum absolute atomic E-state index is 5.49. The molecule has 1 heteroatoms. The van der Waals surface area contributed by atoms with Gasteiger partial charge in [-0.05, 0) is 23.6 Å². The van der Waals surface area contributed by atoms with Crippen molar-refractivity contribution < 1.29 is 4.74 Å². The first-order valence-electron chi connectivity index (χ1n) is 4.45. The molecule has 0 amide bonds. The molecule has 0 saturated heterocycles. The molecule has 64 valence electrons. The van der Waals surface area contributed by atoms with E-state index >= 15 is 0 Å². The van der Waals surface area contributed by atoms with Crippen molar-refractivity contribution in [2.45, 2.75) is 26.4 Å². The summed E-state index contributed by atoms with van der Waals surface area (Å²) in [6.07, 6.45) is 0.